The van der Waals surface area contributed by atoms with Gasteiger partial charge in [-0.3, -0.25) is 4.68 Å². The molecule has 0 bridgehead atoms. The van der Waals surface area contributed by atoms with Crippen LogP contribution in [0.3, 0.4) is 0 Å². The highest BCUT2D eigenvalue weighted by molar-refractivity contribution is 7.89. The van der Waals surface area contributed by atoms with Crippen LogP contribution < -0.4 is 10.6 Å². The monoisotopic (exact) mass is 381 g/mol. The Morgan fingerprint density at radius 1 is 1.31 bits per heavy atom. The summed E-state index contributed by atoms with van der Waals surface area (Å²) >= 11 is 0. The van der Waals surface area contributed by atoms with Gasteiger partial charge >= 0.3 is 0 Å². The van der Waals surface area contributed by atoms with Gasteiger partial charge in [-0.1, -0.05) is 6.07 Å². The van der Waals surface area contributed by atoms with Gasteiger partial charge in [0.15, 0.2) is 15.8 Å². The molecule has 2 N–H and O–H groups in total. The predicted molar refractivity (Wildman–Crippen MR) is 99.8 cm³/mol. The topological polar surface area (TPSA) is 88.4 Å². The first kappa shape index (κ1) is 19.9. The van der Waals surface area contributed by atoms with E-state index in [2.05, 4.69) is 20.7 Å². The van der Waals surface area contributed by atoms with E-state index in [1.807, 2.05) is 20.2 Å². The molecule has 26 heavy (non-hydrogen) atoms. The number of benzene rings is 1. The van der Waals surface area contributed by atoms with Gasteiger partial charge in [-0.05, 0) is 30.2 Å². The minimum Gasteiger partial charge on any atom is -0.357 e. The van der Waals surface area contributed by atoms with Crippen molar-refractivity contribution in [2.75, 3.05) is 12.8 Å². The Balaban J connectivity index is 2.11. The Kier molecular flexibility index (Phi) is 6.73. The Labute approximate surface area is 153 Å². The lowest BCUT2D eigenvalue weighted by Gasteiger charge is -2.14. The third-order valence-corrected chi connectivity index (χ3v) is 4.39. The van der Waals surface area contributed by atoms with E-state index >= 15 is 0 Å². The van der Waals surface area contributed by atoms with Gasteiger partial charge in [0, 0.05) is 38.2 Å². The third-order valence-electron chi connectivity index (χ3n) is 3.55. The van der Waals surface area contributed by atoms with Crippen molar-refractivity contribution in [3.8, 4) is 0 Å². The van der Waals surface area contributed by atoms with Crippen LogP contribution in [-0.4, -0.2) is 37.0 Å². The van der Waals surface area contributed by atoms with E-state index < -0.39 is 15.7 Å². The van der Waals surface area contributed by atoms with Gasteiger partial charge < -0.3 is 10.6 Å². The van der Waals surface area contributed by atoms with Crippen molar-refractivity contribution in [1.29, 1.82) is 0 Å². The molecule has 0 atom stereocenters. The number of aryl methyl sites for hydroxylation is 1. The first-order valence-electron chi connectivity index (χ1n) is 8.21. The molecule has 1 aromatic heterocycles. The molecule has 0 saturated carbocycles. The van der Waals surface area contributed by atoms with E-state index in [9.17, 15) is 12.8 Å². The fraction of sp³-hybridized carbons (Fsp3) is 0.412. The van der Waals surface area contributed by atoms with Gasteiger partial charge in [0.1, 0.15) is 5.82 Å². The fourth-order valence-electron chi connectivity index (χ4n) is 2.43. The van der Waals surface area contributed by atoms with E-state index in [0.29, 0.717) is 30.2 Å². The minimum atomic E-state index is -3.21. The maximum absolute atomic E-state index is 13.6. The summed E-state index contributed by atoms with van der Waals surface area (Å²) in [5, 5.41) is 10.3. The minimum absolute atomic E-state index is 0.131. The largest absolute Gasteiger partial charge is 0.357 e. The van der Waals surface area contributed by atoms with E-state index in [0.717, 1.165) is 11.8 Å². The Morgan fingerprint density at radius 3 is 2.69 bits per heavy atom. The van der Waals surface area contributed by atoms with E-state index in [1.54, 1.807) is 10.9 Å². The van der Waals surface area contributed by atoms with Crippen molar-refractivity contribution >= 4 is 15.8 Å². The number of guanidine groups is 1. The smallest absolute Gasteiger partial charge is 0.191 e. The van der Waals surface area contributed by atoms with Gasteiger partial charge in [-0.2, -0.15) is 5.10 Å². The fourth-order valence-corrected chi connectivity index (χ4v) is 3.27. The van der Waals surface area contributed by atoms with Gasteiger partial charge in [-0.15, -0.1) is 0 Å². The maximum atomic E-state index is 13.6. The molecule has 0 spiro atoms. The number of nitrogens with one attached hydrogen (secondary N) is 2. The van der Waals surface area contributed by atoms with Crippen LogP contribution >= 0.6 is 0 Å². The summed E-state index contributed by atoms with van der Waals surface area (Å²) in [7, 11) is -1.37. The standard InChI is InChI=1S/C17H24FN5O2S/c1-4-19-17(20-8-13-9-22-23(2)11-13)21-10-15-7-16(18)6-5-14(15)12-26(3,24)25/h5-7,9,11H,4,8,10,12H2,1-3H3,(H2,19,20,21). The average molecular weight is 381 g/mol. The summed E-state index contributed by atoms with van der Waals surface area (Å²) < 4.78 is 38.5. The first-order chi connectivity index (χ1) is 12.3. The number of rotatable bonds is 7. The van der Waals surface area contributed by atoms with Crippen molar-refractivity contribution in [3.05, 3.63) is 53.1 Å². The van der Waals surface area contributed by atoms with Crippen LogP contribution in [-0.2, 0) is 35.7 Å². The second-order valence-corrected chi connectivity index (χ2v) is 8.19. The molecule has 1 aromatic carbocycles. The van der Waals surface area contributed by atoms with Crippen molar-refractivity contribution in [2.45, 2.75) is 25.8 Å². The molecular formula is C17H24FN5O2S. The molecule has 0 radical (unpaired) electrons. The molecular weight excluding hydrogens is 357 g/mol. The van der Waals surface area contributed by atoms with E-state index in [-0.39, 0.29) is 12.3 Å². The number of halogens is 1. The Bertz CT molecular complexity index is 877. The molecule has 0 fully saturated rings. The van der Waals surface area contributed by atoms with Crippen molar-refractivity contribution in [3.63, 3.8) is 0 Å². The van der Waals surface area contributed by atoms with Crippen LogP contribution in [0.25, 0.3) is 0 Å². The van der Waals surface area contributed by atoms with E-state index in [4.69, 9.17) is 0 Å². The molecule has 0 saturated heterocycles. The Morgan fingerprint density at radius 2 is 2.08 bits per heavy atom. The highest BCUT2D eigenvalue weighted by Gasteiger charge is 2.11. The molecule has 0 amide bonds. The molecule has 9 heteroatoms. The molecule has 0 aliphatic carbocycles. The van der Waals surface area contributed by atoms with Gasteiger partial charge in [0.25, 0.3) is 0 Å². The number of sulfone groups is 1. The zero-order valence-corrected chi connectivity index (χ0v) is 16.0. The summed E-state index contributed by atoms with van der Waals surface area (Å²) in [6, 6.07) is 4.12. The van der Waals surface area contributed by atoms with Crippen LogP contribution in [0.5, 0.6) is 0 Å². The number of hydrogen-bond donors (Lipinski definition) is 2. The highest BCUT2D eigenvalue weighted by Crippen LogP contribution is 2.14. The molecule has 0 aliphatic heterocycles. The molecule has 2 rings (SSSR count). The SMILES string of the molecule is CCNC(=NCc1cnn(C)c1)NCc1cc(F)ccc1CS(C)(=O)=O. The highest BCUT2D eigenvalue weighted by atomic mass is 32.2. The summed E-state index contributed by atoms with van der Waals surface area (Å²) in [5.74, 6) is 0.0236. The van der Waals surface area contributed by atoms with Crippen LogP contribution in [0.15, 0.2) is 35.6 Å². The summed E-state index contributed by atoms with van der Waals surface area (Å²) in [4.78, 5) is 4.47. The molecule has 0 aliphatic rings. The first-order valence-corrected chi connectivity index (χ1v) is 10.3. The normalized spacial score (nSPS) is 12.2. The maximum Gasteiger partial charge on any atom is 0.191 e. The second-order valence-electron chi connectivity index (χ2n) is 6.05. The van der Waals surface area contributed by atoms with Gasteiger partial charge in [0.05, 0.1) is 18.5 Å². The van der Waals surface area contributed by atoms with E-state index in [1.165, 1.54) is 18.2 Å². The molecule has 2 aromatic rings. The Hall–Kier alpha value is -2.42. The molecule has 0 unspecified atom stereocenters. The lowest BCUT2D eigenvalue weighted by molar-refractivity contribution is 0.599. The summed E-state index contributed by atoms with van der Waals surface area (Å²) in [6.07, 6.45) is 4.78. The van der Waals surface area contributed by atoms with Crippen LogP contribution in [0.2, 0.25) is 0 Å². The molecule has 1 heterocycles. The van der Waals surface area contributed by atoms with Crippen molar-refractivity contribution < 1.29 is 12.8 Å². The zero-order chi connectivity index (χ0) is 19.2. The van der Waals surface area contributed by atoms with Crippen LogP contribution in [0.1, 0.15) is 23.6 Å². The quantitative estimate of drug-likeness (QED) is 0.558. The zero-order valence-electron chi connectivity index (χ0n) is 15.2. The van der Waals surface area contributed by atoms with Crippen LogP contribution in [0.4, 0.5) is 4.39 Å². The molecule has 7 nitrogen and oxygen atoms in total. The van der Waals surface area contributed by atoms with Gasteiger partial charge in [0.2, 0.25) is 0 Å². The summed E-state index contributed by atoms with van der Waals surface area (Å²) in [5.41, 5.74) is 2.13. The van der Waals surface area contributed by atoms with Crippen molar-refractivity contribution in [2.24, 2.45) is 12.0 Å². The lowest BCUT2D eigenvalue weighted by Crippen LogP contribution is -2.37. The number of nitrogens with zero attached hydrogens (tertiary/aromatic N) is 3. The number of aromatic nitrogens is 2. The second kappa shape index (κ2) is 8.79. The van der Waals surface area contributed by atoms with Gasteiger partial charge in [-0.25, -0.2) is 17.8 Å². The van der Waals surface area contributed by atoms with Crippen LogP contribution in [0, 0.1) is 5.82 Å². The molecule has 142 valence electrons. The number of hydrogen-bond acceptors (Lipinski definition) is 4. The predicted octanol–water partition coefficient (Wildman–Crippen LogP) is 1.36. The van der Waals surface area contributed by atoms with Crippen molar-refractivity contribution in [1.82, 2.24) is 20.4 Å². The number of aliphatic imine (C=N–C) groups is 1. The lowest BCUT2D eigenvalue weighted by atomic mass is 10.1. The third kappa shape index (κ3) is 6.47. The average Bonchev–Trinajstić information content (AvgIpc) is 2.96. The summed E-state index contributed by atoms with van der Waals surface area (Å²) in [6.45, 7) is 3.32.